The molecule has 104 valence electrons. The van der Waals surface area contributed by atoms with Gasteiger partial charge in [0.05, 0.1) is 11.5 Å². The molecule has 0 saturated carbocycles. The van der Waals surface area contributed by atoms with E-state index in [2.05, 4.69) is 0 Å². The summed E-state index contributed by atoms with van der Waals surface area (Å²) in [6.07, 6.45) is 0. The number of carbonyl (C=O) groups is 2. The molecular weight excluding hydrogens is 260 g/mol. The summed E-state index contributed by atoms with van der Waals surface area (Å²) in [5.74, 6) is 0.678. The minimum Gasteiger partial charge on any atom is -0.341 e. The Morgan fingerprint density at radius 2 is 1.89 bits per heavy atom. The average Bonchev–Trinajstić information content (AvgIpc) is 2.46. The van der Waals surface area contributed by atoms with Crippen molar-refractivity contribution in [1.82, 2.24) is 4.90 Å². The molecule has 0 saturated heterocycles. The second kappa shape index (κ2) is 7.96. The van der Waals surface area contributed by atoms with Gasteiger partial charge in [0.2, 0.25) is 5.91 Å². The number of amides is 1. The van der Waals surface area contributed by atoms with Crippen molar-refractivity contribution in [2.75, 3.05) is 25.1 Å². The molecule has 1 atom stereocenters. The Balaban J connectivity index is 2.35. The molecule has 2 N–H and O–H groups in total. The van der Waals surface area contributed by atoms with E-state index in [1.165, 1.54) is 11.8 Å². The van der Waals surface area contributed by atoms with Crippen molar-refractivity contribution >= 4 is 23.5 Å². The maximum absolute atomic E-state index is 11.8. The van der Waals surface area contributed by atoms with Crippen LogP contribution in [0.4, 0.5) is 0 Å². The maximum atomic E-state index is 11.8. The third-order valence-corrected chi connectivity index (χ3v) is 3.87. The summed E-state index contributed by atoms with van der Waals surface area (Å²) >= 11 is 1.34. The molecule has 1 rings (SSSR count). The lowest BCUT2D eigenvalue weighted by atomic mass is 10.2. The fourth-order valence-electron chi connectivity index (χ4n) is 1.44. The Hall–Kier alpha value is -1.33. The van der Waals surface area contributed by atoms with E-state index in [0.717, 1.165) is 0 Å². The fourth-order valence-corrected chi connectivity index (χ4v) is 2.28. The topological polar surface area (TPSA) is 63.4 Å². The van der Waals surface area contributed by atoms with Gasteiger partial charge in [-0.25, -0.2) is 0 Å². The van der Waals surface area contributed by atoms with E-state index in [0.29, 0.717) is 23.6 Å². The number of ketones is 1. The SMILES string of the molecule is CC(CN)N(C)C(=O)CSCC(=O)c1ccccc1. The molecule has 0 spiro atoms. The summed E-state index contributed by atoms with van der Waals surface area (Å²) in [5.41, 5.74) is 6.20. The highest BCUT2D eigenvalue weighted by Crippen LogP contribution is 2.08. The first-order chi connectivity index (χ1) is 9.06. The van der Waals surface area contributed by atoms with Crippen LogP contribution in [0.2, 0.25) is 0 Å². The van der Waals surface area contributed by atoms with Crippen molar-refractivity contribution in [3.05, 3.63) is 35.9 Å². The fraction of sp³-hybridized carbons (Fsp3) is 0.429. The zero-order valence-electron chi connectivity index (χ0n) is 11.3. The maximum Gasteiger partial charge on any atom is 0.232 e. The molecule has 0 aliphatic heterocycles. The van der Waals surface area contributed by atoms with Crippen LogP contribution in [0.1, 0.15) is 17.3 Å². The highest BCUT2D eigenvalue weighted by atomic mass is 32.2. The molecule has 1 amide bonds. The van der Waals surface area contributed by atoms with Crippen LogP contribution in [0.25, 0.3) is 0 Å². The van der Waals surface area contributed by atoms with Crippen LogP contribution in [0, 0.1) is 0 Å². The Kier molecular flexibility index (Phi) is 6.59. The van der Waals surface area contributed by atoms with Crippen LogP contribution in [0.15, 0.2) is 30.3 Å². The van der Waals surface area contributed by atoms with Crippen LogP contribution in [-0.2, 0) is 4.79 Å². The predicted molar refractivity (Wildman–Crippen MR) is 79.4 cm³/mol. The highest BCUT2D eigenvalue weighted by molar-refractivity contribution is 8.00. The molecule has 4 nitrogen and oxygen atoms in total. The zero-order chi connectivity index (χ0) is 14.3. The molecular formula is C14H20N2O2S. The van der Waals surface area contributed by atoms with E-state index in [1.54, 1.807) is 24.1 Å². The molecule has 0 heterocycles. The Morgan fingerprint density at radius 3 is 2.47 bits per heavy atom. The zero-order valence-corrected chi connectivity index (χ0v) is 12.2. The molecule has 1 aromatic rings. The Morgan fingerprint density at radius 1 is 1.26 bits per heavy atom. The van der Waals surface area contributed by atoms with Crippen LogP contribution in [-0.4, -0.2) is 47.7 Å². The molecule has 1 unspecified atom stereocenters. The number of nitrogens with two attached hydrogens (primary N) is 1. The summed E-state index contributed by atoms with van der Waals surface area (Å²) in [6.45, 7) is 2.34. The van der Waals surface area contributed by atoms with Crippen molar-refractivity contribution in [2.45, 2.75) is 13.0 Å². The number of hydrogen-bond acceptors (Lipinski definition) is 4. The standard InChI is InChI=1S/C14H20N2O2S/c1-11(8-15)16(2)14(18)10-19-9-13(17)12-6-4-3-5-7-12/h3-7,11H,8-10,15H2,1-2H3. The number of thioether (sulfide) groups is 1. The minimum absolute atomic E-state index is 0.00353. The van der Waals surface area contributed by atoms with Gasteiger partial charge in [-0.15, -0.1) is 11.8 Å². The number of nitrogens with zero attached hydrogens (tertiary/aromatic N) is 1. The first-order valence-electron chi connectivity index (χ1n) is 6.18. The van der Waals surface area contributed by atoms with Gasteiger partial charge in [-0.3, -0.25) is 9.59 Å². The summed E-state index contributed by atoms with van der Waals surface area (Å²) in [6, 6.07) is 9.13. The van der Waals surface area contributed by atoms with Gasteiger partial charge in [-0.05, 0) is 6.92 Å². The average molecular weight is 280 g/mol. The normalized spacial score (nSPS) is 11.9. The summed E-state index contributed by atoms with van der Waals surface area (Å²) in [7, 11) is 1.74. The number of benzene rings is 1. The van der Waals surface area contributed by atoms with Gasteiger partial charge in [0, 0.05) is 25.2 Å². The van der Waals surface area contributed by atoms with E-state index in [9.17, 15) is 9.59 Å². The molecule has 0 aliphatic carbocycles. The van der Waals surface area contributed by atoms with Crippen molar-refractivity contribution < 1.29 is 9.59 Å². The minimum atomic E-state index is 0.00353. The van der Waals surface area contributed by atoms with Crippen molar-refractivity contribution in [3.8, 4) is 0 Å². The number of rotatable bonds is 7. The van der Waals surface area contributed by atoms with Gasteiger partial charge in [0.1, 0.15) is 0 Å². The monoisotopic (exact) mass is 280 g/mol. The molecule has 0 aromatic heterocycles. The second-order valence-electron chi connectivity index (χ2n) is 4.37. The van der Waals surface area contributed by atoms with Gasteiger partial charge in [-0.2, -0.15) is 0 Å². The van der Waals surface area contributed by atoms with E-state index in [1.807, 2.05) is 25.1 Å². The van der Waals surface area contributed by atoms with Crippen LogP contribution >= 0.6 is 11.8 Å². The highest BCUT2D eigenvalue weighted by Gasteiger charge is 2.15. The lowest BCUT2D eigenvalue weighted by molar-refractivity contribution is -0.128. The summed E-state index contributed by atoms with van der Waals surface area (Å²) < 4.78 is 0. The molecule has 0 aliphatic rings. The van der Waals surface area contributed by atoms with Gasteiger partial charge >= 0.3 is 0 Å². The smallest absolute Gasteiger partial charge is 0.232 e. The lowest BCUT2D eigenvalue weighted by Crippen LogP contribution is -2.40. The van der Waals surface area contributed by atoms with Crippen LogP contribution in [0.5, 0.6) is 0 Å². The van der Waals surface area contributed by atoms with Crippen molar-refractivity contribution in [2.24, 2.45) is 5.73 Å². The third kappa shape index (κ3) is 5.04. The third-order valence-electron chi connectivity index (χ3n) is 2.95. The first kappa shape index (κ1) is 15.7. The van der Waals surface area contributed by atoms with Crippen molar-refractivity contribution in [3.63, 3.8) is 0 Å². The van der Waals surface area contributed by atoms with E-state index >= 15 is 0 Å². The van der Waals surface area contributed by atoms with Gasteiger partial charge in [-0.1, -0.05) is 30.3 Å². The number of hydrogen-bond donors (Lipinski definition) is 1. The van der Waals surface area contributed by atoms with Gasteiger partial charge in [0.25, 0.3) is 0 Å². The van der Waals surface area contributed by atoms with E-state index < -0.39 is 0 Å². The van der Waals surface area contributed by atoms with E-state index in [4.69, 9.17) is 5.73 Å². The molecule has 0 bridgehead atoms. The molecule has 5 heteroatoms. The molecule has 0 fully saturated rings. The largest absolute Gasteiger partial charge is 0.341 e. The summed E-state index contributed by atoms with van der Waals surface area (Å²) in [4.78, 5) is 25.2. The van der Waals surface area contributed by atoms with Crippen LogP contribution in [0.3, 0.4) is 0 Å². The quantitative estimate of drug-likeness (QED) is 0.767. The molecule has 0 radical (unpaired) electrons. The van der Waals surface area contributed by atoms with Gasteiger partial charge < -0.3 is 10.6 Å². The summed E-state index contributed by atoms with van der Waals surface area (Å²) in [5, 5.41) is 0. The molecule has 1 aromatic carbocycles. The number of likely N-dealkylation sites (N-methyl/N-ethyl adjacent to an activating group) is 1. The Bertz CT molecular complexity index is 423. The predicted octanol–water partition coefficient (Wildman–Crippen LogP) is 1.41. The van der Waals surface area contributed by atoms with Crippen LogP contribution < -0.4 is 5.73 Å². The number of Topliss-reactive ketones (excluding diaryl/α,β-unsaturated/α-hetero) is 1. The molecule has 19 heavy (non-hydrogen) atoms. The lowest BCUT2D eigenvalue weighted by Gasteiger charge is -2.23. The van der Waals surface area contributed by atoms with E-state index in [-0.39, 0.29) is 17.7 Å². The Labute approximate surface area is 118 Å². The number of carbonyl (C=O) groups excluding carboxylic acids is 2. The second-order valence-corrected chi connectivity index (χ2v) is 5.36. The van der Waals surface area contributed by atoms with Gasteiger partial charge in [0.15, 0.2) is 5.78 Å². The van der Waals surface area contributed by atoms with Crippen molar-refractivity contribution in [1.29, 1.82) is 0 Å². The first-order valence-corrected chi connectivity index (χ1v) is 7.33.